The number of H-pyrrole nitrogens is 2. The summed E-state index contributed by atoms with van der Waals surface area (Å²) >= 11 is 1.61. The van der Waals surface area contributed by atoms with Crippen LogP contribution < -0.4 is 5.32 Å². The first-order valence-corrected chi connectivity index (χ1v) is 12.1. The fourth-order valence-electron chi connectivity index (χ4n) is 3.93. The number of carbonyl (C=O) groups is 1. The van der Waals surface area contributed by atoms with Crippen molar-refractivity contribution in [2.24, 2.45) is 5.92 Å². The van der Waals surface area contributed by atoms with Crippen LogP contribution in [0.4, 0.5) is 10.1 Å². The van der Waals surface area contributed by atoms with E-state index in [0.29, 0.717) is 28.4 Å². The molecule has 6 rings (SSSR count). The molecule has 0 aromatic carbocycles. The standard InChI is InChI=1S/C25H19FN8OS/c1-12(2)25(35)30-14-8-13(9-27-10-14)16-11-29-22-18(19(16)26)21(33-34-22)24-31-20-15(17-4-3-7-36-17)5-6-28-23(20)32-24/h3-12H,1-2H3,(H,30,35)(H,28,31,32)(H,29,33,34). The maximum atomic E-state index is 15.9. The number of imidazole rings is 1. The van der Waals surface area contributed by atoms with Crippen molar-refractivity contribution in [2.75, 3.05) is 5.32 Å². The Morgan fingerprint density at radius 3 is 2.81 bits per heavy atom. The predicted molar refractivity (Wildman–Crippen MR) is 137 cm³/mol. The van der Waals surface area contributed by atoms with Crippen molar-refractivity contribution in [3.63, 3.8) is 0 Å². The van der Waals surface area contributed by atoms with Gasteiger partial charge in [-0.2, -0.15) is 5.10 Å². The molecule has 6 aromatic heterocycles. The molecular weight excluding hydrogens is 479 g/mol. The van der Waals surface area contributed by atoms with E-state index < -0.39 is 5.82 Å². The minimum atomic E-state index is -0.523. The van der Waals surface area contributed by atoms with Gasteiger partial charge in [0.15, 0.2) is 17.1 Å². The van der Waals surface area contributed by atoms with Crippen LogP contribution in [0.25, 0.3) is 55.3 Å². The predicted octanol–water partition coefficient (Wildman–Crippen LogP) is 5.42. The van der Waals surface area contributed by atoms with E-state index in [-0.39, 0.29) is 28.4 Å². The van der Waals surface area contributed by atoms with Crippen molar-refractivity contribution in [1.82, 2.24) is 35.1 Å². The zero-order valence-electron chi connectivity index (χ0n) is 19.2. The smallest absolute Gasteiger partial charge is 0.226 e. The van der Waals surface area contributed by atoms with Crippen molar-refractivity contribution in [3.8, 4) is 33.1 Å². The molecule has 9 nitrogen and oxygen atoms in total. The topological polar surface area (TPSA) is 125 Å². The largest absolute Gasteiger partial charge is 0.335 e. The molecule has 6 heterocycles. The second-order valence-corrected chi connectivity index (χ2v) is 9.46. The van der Waals surface area contributed by atoms with E-state index in [1.54, 1.807) is 37.4 Å². The summed E-state index contributed by atoms with van der Waals surface area (Å²) < 4.78 is 15.9. The van der Waals surface area contributed by atoms with Gasteiger partial charge in [0, 0.05) is 46.1 Å². The number of rotatable bonds is 5. The van der Waals surface area contributed by atoms with Crippen LogP contribution in [0.1, 0.15) is 13.8 Å². The van der Waals surface area contributed by atoms with E-state index in [2.05, 4.69) is 40.4 Å². The third-order valence-corrected chi connectivity index (χ3v) is 6.68. The molecule has 0 atom stereocenters. The maximum absolute atomic E-state index is 15.9. The molecule has 0 saturated heterocycles. The molecule has 178 valence electrons. The first-order valence-electron chi connectivity index (χ1n) is 11.2. The number of amides is 1. The van der Waals surface area contributed by atoms with E-state index in [1.807, 2.05) is 23.6 Å². The van der Waals surface area contributed by atoms with Crippen molar-refractivity contribution >= 4 is 45.1 Å². The van der Waals surface area contributed by atoms with Crippen LogP contribution in [0.5, 0.6) is 0 Å². The quantitative estimate of drug-likeness (QED) is 0.291. The highest BCUT2D eigenvalue weighted by Crippen LogP contribution is 2.35. The van der Waals surface area contributed by atoms with Crippen LogP contribution in [0.3, 0.4) is 0 Å². The number of nitrogens with one attached hydrogen (secondary N) is 3. The summed E-state index contributed by atoms with van der Waals surface area (Å²) in [6, 6.07) is 7.58. The van der Waals surface area contributed by atoms with Crippen molar-refractivity contribution < 1.29 is 9.18 Å². The van der Waals surface area contributed by atoms with Crippen LogP contribution >= 0.6 is 11.3 Å². The summed E-state index contributed by atoms with van der Waals surface area (Å²) in [5.74, 6) is -0.473. The third kappa shape index (κ3) is 3.69. The Hall–Kier alpha value is -4.51. The van der Waals surface area contributed by atoms with E-state index in [4.69, 9.17) is 0 Å². The van der Waals surface area contributed by atoms with Gasteiger partial charge in [0.05, 0.1) is 22.8 Å². The van der Waals surface area contributed by atoms with Crippen LogP contribution in [-0.4, -0.2) is 41.0 Å². The highest BCUT2D eigenvalue weighted by atomic mass is 32.1. The Morgan fingerprint density at radius 2 is 2.00 bits per heavy atom. The average Bonchev–Trinajstić information content (AvgIpc) is 3.63. The Bertz CT molecular complexity index is 1740. The molecule has 0 aliphatic rings. The lowest BCUT2D eigenvalue weighted by Crippen LogP contribution is -2.17. The molecule has 0 bridgehead atoms. The van der Waals surface area contributed by atoms with Crippen LogP contribution in [0.15, 0.2) is 54.4 Å². The molecule has 0 fully saturated rings. The Kier molecular flexibility index (Phi) is 5.26. The van der Waals surface area contributed by atoms with E-state index in [1.165, 1.54) is 18.6 Å². The van der Waals surface area contributed by atoms with Crippen LogP contribution in [-0.2, 0) is 4.79 Å². The molecule has 0 saturated carbocycles. The Morgan fingerprint density at radius 1 is 1.11 bits per heavy atom. The molecule has 1 amide bonds. The molecule has 0 aliphatic heterocycles. The summed E-state index contributed by atoms with van der Waals surface area (Å²) in [4.78, 5) is 33.9. The number of fused-ring (bicyclic) bond motifs is 2. The molecule has 0 spiro atoms. The highest BCUT2D eigenvalue weighted by Gasteiger charge is 2.21. The summed E-state index contributed by atoms with van der Waals surface area (Å²) in [5, 5.41) is 12.0. The number of halogens is 1. The minimum Gasteiger partial charge on any atom is -0.335 e. The summed E-state index contributed by atoms with van der Waals surface area (Å²) in [6.45, 7) is 3.59. The molecule has 11 heteroatoms. The van der Waals surface area contributed by atoms with Gasteiger partial charge in [-0.05, 0) is 23.6 Å². The van der Waals surface area contributed by atoms with Gasteiger partial charge in [0.25, 0.3) is 0 Å². The lowest BCUT2D eigenvalue weighted by Gasteiger charge is -2.09. The third-order valence-electron chi connectivity index (χ3n) is 5.78. The first-order chi connectivity index (χ1) is 17.5. The lowest BCUT2D eigenvalue weighted by atomic mass is 10.1. The molecule has 36 heavy (non-hydrogen) atoms. The van der Waals surface area contributed by atoms with Gasteiger partial charge in [-0.15, -0.1) is 11.3 Å². The fraction of sp³-hybridized carbons (Fsp3) is 0.120. The zero-order valence-corrected chi connectivity index (χ0v) is 20.0. The zero-order chi connectivity index (χ0) is 24.8. The number of hydrogen-bond acceptors (Lipinski definition) is 7. The fourth-order valence-corrected chi connectivity index (χ4v) is 4.69. The second kappa shape index (κ2) is 8.61. The number of hydrogen-bond donors (Lipinski definition) is 3. The molecule has 6 aromatic rings. The molecule has 3 N–H and O–H groups in total. The number of thiophene rings is 1. The highest BCUT2D eigenvalue weighted by molar-refractivity contribution is 7.13. The lowest BCUT2D eigenvalue weighted by molar-refractivity contribution is -0.118. The van der Waals surface area contributed by atoms with Gasteiger partial charge in [0.2, 0.25) is 5.91 Å². The monoisotopic (exact) mass is 498 g/mol. The minimum absolute atomic E-state index is 0.152. The van der Waals surface area contributed by atoms with Gasteiger partial charge >= 0.3 is 0 Å². The number of anilines is 1. The molecule has 0 unspecified atom stereocenters. The van der Waals surface area contributed by atoms with Gasteiger partial charge in [0.1, 0.15) is 11.5 Å². The Labute approximate surface area is 207 Å². The molecular formula is C25H19FN8OS. The summed E-state index contributed by atoms with van der Waals surface area (Å²) in [5.41, 5.74) is 3.99. The second-order valence-electron chi connectivity index (χ2n) is 8.51. The van der Waals surface area contributed by atoms with Crippen molar-refractivity contribution in [1.29, 1.82) is 0 Å². The van der Waals surface area contributed by atoms with Gasteiger partial charge in [-0.3, -0.25) is 14.9 Å². The van der Waals surface area contributed by atoms with Crippen molar-refractivity contribution in [3.05, 3.63) is 60.3 Å². The van der Waals surface area contributed by atoms with Crippen LogP contribution in [0.2, 0.25) is 0 Å². The van der Waals surface area contributed by atoms with E-state index in [0.717, 1.165) is 16.0 Å². The normalized spacial score (nSPS) is 11.6. The summed E-state index contributed by atoms with van der Waals surface area (Å²) in [6.07, 6.45) is 6.15. The SMILES string of the molecule is CC(C)C(=O)Nc1cncc(-c2cnc3n[nH]c(-c4nc5nccc(-c6cccs6)c5[nH]4)c3c2F)c1. The number of carbonyl (C=O) groups excluding carboxylic acids is 1. The maximum Gasteiger partial charge on any atom is 0.226 e. The number of aromatic nitrogens is 7. The number of pyridine rings is 3. The summed E-state index contributed by atoms with van der Waals surface area (Å²) in [7, 11) is 0. The first kappa shape index (κ1) is 22.0. The average molecular weight is 499 g/mol. The number of nitrogens with zero attached hydrogens (tertiary/aromatic N) is 5. The van der Waals surface area contributed by atoms with Crippen LogP contribution in [0, 0.1) is 11.7 Å². The van der Waals surface area contributed by atoms with Gasteiger partial charge in [-0.25, -0.2) is 19.3 Å². The molecule has 0 aliphatic carbocycles. The van der Waals surface area contributed by atoms with Gasteiger partial charge in [-0.1, -0.05) is 19.9 Å². The van der Waals surface area contributed by atoms with E-state index in [9.17, 15) is 4.79 Å². The molecule has 0 radical (unpaired) electrons. The van der Waals surface area contributed by atoms with Crippen molar-refractivity contribution in [2.45, 2.75) is 13.8 Å². The van der Waals surface area contributed by atoms with Gasteiger partial charge < -0.3 is 10.3 Å². The van der Waals surface area contributed by atoms with E-state index >= 15 is 4.39 Å². The Balaban J connectivity index is 1.46. The number of aromatic amines is 2.